The minimum Gasteiger partial charge on any atom is -0.497 e. The van der Waals surface area contributed by atoms with Gasteiger partial charge in [-0.05, 0) is 47.9 Å². The number of hydrogen-bond donors (Lipinski definition) is 0. The Kier molecular flexibility index (Phi) is 6.65. The Morgan fingerprint density at radius 3 is 2.00 bits per heavy atom. The van der Waals surface area contributed by atoms with Crippen LogP contribution in [0, 0.1) is 5.41 Å². The van der Waals surface area contributed by atoms with Gasteiger partial charge in [-0.25, -0.2) is 0 Å². The van der Waals surface area contributed by atoms with E-state index in [9.17, 15) is 9.59 Å². The Morgan fingerprint density at radius 2 is 1.49 bits per heavy atom. The molecule has 2 aliphatic rings. The molecule has 2 atom stereocenters. The molecule has 7 nitrogen and oxygen atoms in total. The Labute approximate surface area is 216 Å². The molecule has 0 radical (unpaired) electrons. The van der Waals surface area contributed by atoms with Crippen molar-refractivity contribution in [2.45, 2.75) is 31.6 Å². The molecule has 0 saturated carbocycles. The van der Waals surface area contributed by atoms with Crippen molar-refractivity contribution >= 4 is 11.9 Å². The Hall–Kier alpha value is -3.84. The van der Waals surface area contributed by atoms with Crippen molar-refractivity contribution in [1.82, 2.24) is 4.90 Å². The number of carbonyl (C=O) groups excluding carboxylic acids is 2. The fourth-order valence-electron chi connectivity index (χ4n) is 5.59. The number of hydrogen-bond acceptors (Lipinski definition) is 6. The first-order chi connectivity index (χ1) is 18.0. The van der Waals surface area contributed by atoms with Gasteiger partial charge in [0.05, 0.1) is 20.8 Å². The molecule has 3 aromatic rings. The second-order valence-electron chi connectivity index (χ2n) is 9.52. The summed E-state index contributed by atoms with van der Waals surface area (Å²) in [5.74, 6) is 0.794. The molecular weight excluding hydrogens is 470 g/mol. The predicted molar refractivity (Wildman–Crippen MR) is 137 cm³/mol. The van der Waals surface area contributed by atoms with Crippen LogP contribution >= 0.6 is 0 Å². The van der Waals surface area contributed by atoms with E-state index in [-0.39, 0.29) is 25.5 Å². The van der Waals surface area contributed by atoms with E-state index >= 15 is 0 Å². The van der Waals surface area contributed by atoms with Crippen LogP contribution in [0.3, 0.4) is 0 Å². The van der Waals surface area contributed by atoms with Gasteiger partial charge in [-0.2, -0.15) is 0 Å². The first-order valence-electron chi connectivity index (χ1n) is 12.4. The molecule has 7 heteroatoms. The van der Waals surface area contributed by atoms with Gasteiger partial charge in [-0.1, -0.05) is 54.6 Å². The topological polar surface area (TPSA) is 74.3 Å². The van der Waals surface area contributed by atoms with Gasteiger partial charge in [0.25, 0.3) is 5.91 Å². The van der Waals surface area contributed by atoms with Crippen LogP contribution in [0.5, 0.6) is 11.5 Å². The van der Waals surface area contributed by atoms with Crippen molar-refractivity contribution in [1.29, 1.82) is 0 Å². The van der Waals surface area contributed by atoms with Gasteiger partial charge in [-0.3, -0.25) is 9.59 Å². The second kappa shape index (κ2) is 9.90. The molecule has 2 fully saturated rings. The normalized spacial score (nSPS) is 22.0. The van der Waals surface area contributed by atoms with Gasteiger partial charge < -0.3 is 23.8 Å². The maximum atomic E-state index is 13.8. The predicted octanol–water partition coefficient (Wildman–Crippen LogP) is 4.33. The molecule has 3 aromatic carbocycles. The highest BCUT2D eigenvalue weighted by Crippen LogP contribution is 2.57. The summed E-state index contributed by atoms with van der Waals surface area (Å²) in [6.45, 7) is 2.62. The average Bonchev–Trinajstić information content (AvgIpc) is 3.42. The molecule has 1 amide bonds. The van der Waals surface area contributed by atoms with E-state index in [1.165, 1.54) is 0 Å². The lowest BCUT2D eigenvalue weighted by molar-refractivity contribution is -0.158. The van der Waals surface area contributed by atoms with Crippen LogP contribution in [-0.2, 0) is 31.2 Å². The van der Waals surface area contributed by atoms with Crippen LogP contribution < -0.4 is 9.47 Å². The number of benzene rings is 3. The molecule has 0 N–H and O–H groups in total. The summed E-state index contributed by atoms with van der Waals surface area (Å²) >= 11 is 0. The maximum absolute atomic E-state index is 13.8. The third kappa shape index (κ3) is 4.23. The molecule has 0 aliphatic carbocycles. The van der Waals surface area contributed by atoms with E-state index in [0.717, 1.165) is 16.7 Å². The number of likely N-dealkylation sites (tertiary alicyclic amines) is 1. The zero-order valence-electron chi connectivity index (χ0n) is 21.3. The summed E-state index contributed by atoms with van der Waals surface area (Å²) in [6.07, 6.45) is -0.710. The van der Waals surface area contributed by atoms with Crippen LogP contribution in [0.2, 0.25) is 0 Å². The third-order valence-corrected chi connectivity index (χ3v) is 7.41. The van der Waals surface area contributed by atoms with E-state index in [4.69, 9.17) is 18.9 Å². The van der Waals surface area contributed by atoms with Crippen LogP contribution in [0.15, 0.2) is 78.9 Å². The molecule has 5 rings (SSSR count). The summed E-state index contributed by atoms with van der Waals surface area (Å²) < 4.78 is 23.1. The summed E-state index contributed by atoms with van der Waals surface area (Å²) in [5.41, 5.74) is 0.468. The summed E-state index contributed by atoms with van der Waals surface area (Å²) in [6, 6.07) is 24.9. The largest absolute Gasteiger partial charge is 0.497 e. The lowest BCUT2D eigenvalue weighted by Gasteiger charge is -2.33. The first-order valence-corrected chi connectivity index (χ1v) is 12.4. The molecule has 0 spiro atoms. The molecule has 0 aromatic heterocycles. The summed E-state index contributed by atoms with van der Waals surface area (Å²) in [7, 11) is 3.22. The maximum Gasteiger partial charge on any atom is 0.317 e. The number of nitrogens with zero attached hydrogens (tertiary/aromatic N) is 1. The molecule has 37 heavy (non-hydrogen) atoms. The van der Waals surface area contributed by atoms with Crippen molar-refractivity contribution in [3.05, 3.63) is 95.6 Å². The minimum atomic E-state index is -1.15. The molecule has 2 saturated heterocycles. The molecular formula is C30H31NO6. The summed E-state index contributed by atoms with van der Waals surface area (Å²) in [5, 5.41) is 0. The zero-order valence-corrected chi connectivity index (χ0v) is 21.3. The minimum absolute atomic E-state index is 0.208. The van der Waals surface area contributed by atoms with Crippen LogP contribution in [0.25, 0.3) is 0 Å². The molecule has 2 aliphatic heterocycles. The third-order valence-electron chi connectivity index (χ3n) is 7.41. The number of fused-ring (bicyclic) bond motifs is 1. The van der Waals surface area contributed by atoms with Gasteiger partial charge in [0, 0.05) is 19.5 Å². The van der Waals surface area contributed by atoms with Crippen molar-refractivity contribution < 1.29 is 28.5 Å². The molecule has 2 heterocycles. The number of ether oxygens (including phenoxy) is 4. The fraction of sp³-hybridized carbons (Fsp3) is 0.333. The second-order valence-corrected chi connectivity index (χ2v) is 9.52. The smallest absolute Gasteiger partial charge is 0.317 e. The number of carbonyl (C=O) groups is 2. The fourth-order valence-corrected chi connectivity index (χ4v) is 5.59. The van der Waals surface area contributed by atoms with Gasteiger partial charge in [0.2, 0.25) is 0 Å². The lowest BCUT2D eigenvalue weighted by atomic mass is 9.73. The van der Waals surface area contributed by atoms with Crippen LogP contribution in [-0.4, -0.2) is 50.3 Å². The number of esters is 1. The van der Waals surface area contributed by atoms with E-state index in [1.807, 2.05) is 78.9 Å². The van der Waals surface area contributed by atoms with Crippen molar-refractivity contribution in [2.75, 3.05) is 27.4 Å². The van der Waals surface area contributed by atoms with Gasteiger partial charge in [0.1, 0.15) is 22.5 Å². The van der Waals surface area contributed by atoms with Gasteiger partial charge >= 0.3 is 5.97 Å². The average molecular weight is 502 g/mol. The molecule has 192 valence electrons. The van der Waals surface area contributed by atoms with E-state index < -0.39 is 23.1 Å². The van der Waals surface area contributed by atoms with E-state index in [2.05, 4.69) is 0 Å². The lowest BCUT2D eigenvalue weighted by Crippen LogP contribution is -2.41. The Bertz CT molecular complexity index is 1210. The quantitative estimate of drug-likeness (QED) is 0.428. The number of rotatable bonds is 8. The van der Waals surface area contributed by atoms with E-state index in [1.54, 1.807) is 26.0 Å². The first kappa shape index (κ1) is 24.8. The van der Waals surface area contributed by atoms with Crippen molar-refractivity contribution in [3.8, 4) is 11.5 Å². The van der Waals surface area contributed by atoms with Crippen molar-refractivity contribution in [3.63, 3.8) is 0 Å². The van der Waals surface area contributed by atoms with E-state index in [0.29, 0.717) is 18.0 Å². The SMILES string of the molecule is CCOC(=O)[C@]12CN(Cc3ccccc3)C(=O)C1OC(c1ccc(OC)cc1)(c1ccc(OC)cc1)C2. The van der Waals surface area contributed by atoms with Crippen molar-refractivity contribution in [2.24, 2.45) is 5.41 Å². The number of amides is 1. The van der Waals surface area contributed by atoms with Crippen LogP contribution in [0.4, 0.5) is 0 Å². The monoisotopic (exact) mass is 501 g/mol. The highest BCUT2D eigenvalue weighted by atomic mass is 16.6. The number of methoxy groups -OCH3 is 2. The van der Waals surface area contributed by atoms with Crippen LogP contribution in [0.1, 0.15) is 30.0 Å². The van der Waals surface area contributed by atoms with Gasteiger partial charge in [0.15, 0.2) is 6.10 Å². The van der Waals surface area contributed by atoms with Gasteiger partial charge in [-0.15, -0.1) is 0 Å². The highest BCUT2D eigenvalue weighted by molar-refractivity contribution is 5.95. The molecule has 0 bridgehead atoms. The Balaban J connectivity index is 1.59. The standard InChI is InChI=1S/C30H31NO6/c1-4-36-28(33)29-19-30(22-10-14-24(34-2)15-11-22,23-12-16-25(35-3)17-13-23)37-26(29)27(32)31(20-29)18-21-8-6-5-7-9-21/h5-17,26H,4,18-20H2,1-3H3/t26?,29-/m1/s1. The Morgan fingerprint density at radius 1 is 0.919 bits per heavy atom. The zero-order chi connectivity index (χ0) is 26.0. The highest BCUT2D eigenvalue weighted by Gasteiger charge is 2.69. The molecule has 1 unspecified atom stereocenters. The summed E-state index contributed by atoms with van der Waals surface area (Å²) in [4.78, 5) is 29.1.